The highest BCUT2D eigenvalue weighted by atomic mass is 32.1. The molecule has 1 heterocycles. The molecular formula is C17H25N3S. The first-order valence-corrected chi connectivity index (χ1v) is 7.94. The molecule has 0 fully saturated rings. The zero-order valence-electron chi connectivity index (χ0n) is 13.0. The predicted octanol–water partition coefficient (Wildman–Crippen LogP) is 2.47. The minimum absolute atomic E-state index is 0.461. The second-order valence-electron chi connectivity index (χ2n) is 5.86. The Hall–Kier alpha value is -1.39. The molecule has 1 aromatic rings. The van der Waals surface area contributed by atoms with Crippen LogP contribution in [0.1, 0.15) is 25.0 Å². The summed E-state index contributed by atoms with van der Waals surface area (Å²) in [5.41, 5.74) is 4.03. The number of benzene rings is 1. The van der Waals surface area contributed by atoms with Crippen LogP contribution >= 0.6 is 12.2 Å². The van der Waals surface area contributed by atoms with Crippen molar-refractivity contribution in [1.29, 1.82) is 0 Å². The Bertz CT molecular complexity index is 513. The van der Waals surface area contributed by atoms with Crippen LogP contribution in [0.15, 0.2) is 36.4 Å². The molecule has 4 heteroatoms. The summed E-state index contributed by atoms with van der Waals surface area (Å²) in [5, 5.41) is 7.17. The van der Waals surface area contributed by atoms with Gasteiger partial charge in [0.25, 0.3) is 0 Å². The van der Waals surface area contributed by atoms with Crippen LogP contribution in [0.2, 0.25) is 0 Å². The molecule has 0 aliphatic carbocycles. The summed E-state index contributed by atoms with van der Waals surface area (Å²) in [5.74, 6) is 0. The van der Waals surface area contributed by atoms with Crippen molar-refractivity contribution in [1.82, 2.24) is 15.5 Å². The first-order chi connectivity index (χ1) is 10.1. The highest BCUT2D eigenvalue weighted by molar-refractivity contribution is 7.80. The Labute approximate surface area is 133 Å². The maximum absolute atomic E-state index is 5.27. The van der Waals surface area contributed by atoms with E-state index in [2.05, 4.69) is 53.3 Å². The van der Waals surface area contributed by atoms with Gasteiger partial charge in [-0.25, -0.2) is 0 Å². The maximum Gasteiger partial charge on any atom is 0.166 e. The van der Waals surface area contributed by atoms with Gasteiger partial charge in [-0.2, -0.15) is 0 Å². The Morgan fingerprint density at radius 2 is 2.05 bits per heavy atom. The topological polar surface area (TPSA) is 27.3 Å². The molecule has 0 amide bonds. The minimum Gasteiger partial charge on any atom is -0.361 e. The molecule has 1 aromatic carbocycles. The van der Waals surface area contributed by atoms with Gasteiger partial charge in [0, 0.05) is 32.2 Å². The van der Waals surface area contributed by atoms with Crippen molar-refractivity contribution in [2.45, 2.75) is 32.9 Å². The molecule has 0 bridgehead atoms. The first kappa shape index (κ1) is 16.0. The van der Waals surface area contributed by atoms with Crippen molar-refractivity contribution < 1.29 is 0 Å². The Balaban J connectivity index is 1.78. The van der Waals surface area contributed by atoms with Crippen LogP contribution in [0, 0.1) is 0 Å². The van der Waals surface area contributed by atoms with Gasteiger partial charge in [0.2, 0.25) is 0 Å². The largest absolute Gasteiger partial charge is 0.361 e. The van der Waals surface area contributed by atoms with Crippen LogP contribution in [0.25, 0.3) is 0 Å². The third kappa shape index (κ3) is 4.83. The molecular weight excluding hydrogens is 278 g/mol. The van der Waals surface area contributed by atoms with Gasteiger partial charge in [0.05, 0.1) is 0 Å². The van der Waals surface area contributed by atoms with Gasteiger partial charge >= 0.3 is 0 Å². The number of rotatable bonds is 5. The first-order valence-electron chi connectivity index (χ1n) is 7.53. The normalized spacial score (nSPS) is 15.9. The molecule has 114 valence electrons. The zero-order chi connectivity index (χ0) is 15.2. The smallest absolute Gasteiger partial charge is 0.166 e. The molecule has 3 nitrogen and oxygen atoms in total. The molecule has 0 saturated heterocycles. The summed E-state index contributed by atoms with van der Waals surface area (Å²) in [6.45, 7) is 11.8. The maximum atomic E-state index is 5.27. The summed E-state index contributed by atoms with van der Waals surface area (Å²) < 4.78 is 0. The van der Waals surface area contributed by atoms with Crippen LogP contribution in [0.3, 0.4) is 0 Å². The molecule has 21 heavy (non-hydrogen) atoms. The lowest BCUT2D eigenvalue weighted by atomic mass is 9.99. The lowest BCUT2D eigenvalue weighted by molar-refractivity contribution is 0.191. The van der Waals surface area contributed by atoms with Crippen LogP contribution < -0.4 is 10.6 Å². The van der Waals surface area contributed by atoms with E-state index in [1.807, 2.05) is 6.92 Å². The van der Waals surface area contributed by atoms with Crippen LogP contribution in [-0.4, -0.2) is 35.7 Å². The van der Waals surface area contributed by atoms with Gasteiger partial charge in [-0.1, -0.05) is 36.4 Å². The number of thiocarbonyl (C=S) groups is 1. The van der Waals surface area contributed by atoms with Crippen LogP contribution in [0.4, 0.5) is 0 Å². The van der Waals surface area contributed by atoms with Gasteiger partial charge in [0.1, 0.15) is 0 Å². The molecule has 1 atom stereocenters. The van der Waals surface area contributed by atoms with Crippen LogP contribution in [0.5, 0.6) is 0 Å². The molecule has 0 spiro atoms. The van der Waals surface area contributed by atoms with Gasteiger partial charge in [-0.3, -0.25) is 4.90 Å². The summed E-state index contributed by atoms with van der Waals surface area (Å²) in [7, 11) is 0. The summed E-state index contributed by atoms with van der Waals surface area (Å²) in [6.07, 6.45) is 1.14. The van der Waals surface area contributed by atoms with Gasteiger partial charge < -0.3 is 10.6 Å². The van der Waals surface area contributed by atoms with E-state index < -0.39 is 0 Å². The van der Waals surface area contributed by atoms with E-state index in [0.29, 0.717) is 11.2 Å². The lowest BCUT2D eigenvalue weighted by Crippen LogP contribution is -2.46. The quantitative estimate of drug-likeness (QED) is 0.645. The second kappa shape index (κ2) is 7.57. The minimum atomic E-state index is 0.461. The van der Waals surface area contributed by atoms with Gasteiger partial charge in [-0.15, -0.1) is 0 Å². The number of fused-ring (bicyclic) bond motifs is 1. The highest BCUT2D eigenvalue weighted by Gasteiger charge is 2.20. The van der Waals surface area contributed by atoms with Crippen molar-refractivity contribution in [3.05, 3.63) is 47.5 Å². The van der Waals surface area contributed by atoms with Crippen molar-refractivity contribution in [3.63, 3.8) is 0 Å². The third-order valence-electron chi connectivity index (χ3n) is 3.89. The molecule has 0 saturated carbocycles. The molecule has 1 unspecified atom stereocenters. The molecule has 1 aliphatic heterocycles. The molecule has 2 N–H and O–H groups in total. The fourth-order valence-electron chi connectivity index (χ4n) is 2.56. The summed E-state index contributed by atoms with van der Waals surface area (Å²) in [4.78, 5) is 2.51. The van der Waals surface area contributed by atoms with Crippen molar-refractivity contribution >= 4 is 17.3 Å². The average Bonchev–Trinajstić information content (AvgIpc) is 2.50. The predicted molar refractivity (Wildman–Crippen MR) is 93.4 cm³/mol. The van der Waals surface area contributed by atoms with E-state index in [0.717, 1.165) is 38.2 Å². The van der Waals surface area contributed by atoms with E-state index in [9.17, 15) is 0 Å². The van der Waals surface area contributed by atoms with Crippen LogP contribution in [-0.2, 0) is 13.0 Å². The molecule has 1 aliphatic rings. The van der Waals surface area contributed by atoms with E-state index in [1.165, 1.54) is 11.1 Å². The molecule has 2 rings (SSSR count). The number of hydrogen-bond acceptors (Lipinski definition) is 2. The van der Waals surface area contributed by atoms with Gasteiger partial charge in [-0.05, 0) is 43.6 Å². The van der Waals surface area contributed by atoms with Crippen molar-refractivity contribution in [2.75, 3.05) is 19.6 Å². The number of nitrogens with zero attached hydrogens (tertiary/aromatic N) is 1. The molecule has 0 radical (unpaired) electrons. The Morgan fingerprint density at radius 1 is 1.33 bits per heavy atom. The number of hydrogen-bond donors (Lipinski definition) is 2. The van der Waals surface area contributed by atoms with E-state index in [1.54, 1.807) is 0 Å². The third-order valence-corrected chi connectivity index (χ3v) is 4.18. The standard InChI is InChI=1S/C17H25N3S/c1-13(2)10-18-17(21)19-11-14(3)20-9-8-15-6-4-5-7-16(15)12-20/h4-7,14H,1,8-12H2,2-3H3,(H2,18,19,21). The van der Waals surface area contributed by atoms with E-state index in [-0.39, 0.29) is 0 Å². The summed E-state index contributed by atoms with van der Waals surface area (Å²) in [6, 6.07) is 9.20. The lowest BCUT2D eigenvalue weighted by Gasteiger charge is -2.34. The zero-order valence-corrected chi connectivity index (χ0v) is 13.8. The summed E-state index contributed by atoms with van der Waals surface area (Å²) >= 11 is 5.27. The highest BCUT2D eigenvalue weighted by Crippen LogP contribution is 2.19. The average molecular weight is 303 g/mol. The fourth-order valence-corrected chi connectivity index (χ4v) is 2.71. The monoisotopic (exact) mass is 303 g/mol. The molecule has 0 aromatic heterocycles. The SMILES string of the molecule is C=C(C)CNC(=S)NCC(C)N1CCc2ccccc2C1. The Morgan fingerprint density at radius 3 is 2.76 bits per heavy atom. The van der Waals surface area contributed by atoms with E-state index >= 15 is 0 Å². The van der Waals surface area contributed by atoms with E-state index in [4.69, 9.17) is 12.2 Å². The fraction of sp³-hybridized carbons (Fsp3) is 0.471. The Kier molecular flexibility index (Phi) is 5.76. The second-order valence-corrected chi connectivity index (χ2v) is 6.27. The van der Waals surface area contributed by atoms with Crippen molar-refractivity contribution in [3.8, 4) is 0 Å². The van der Waals surface area contributed by atoms with Gasteiger partial charge in [0.15, 0.2) is 5.11 Å². The number of nitrogens with one attached hydrogen (secondary N) is 2. The van der Waals surface area contributed by atoms with Crippen molar-refractivity contribution in [2.24, 2.45) is 0 Å².